The molecular weight excluding hydrogens is 328 g/mol. The number of nitrogens with zero attached hydrogens (tertiary/aromatic N) is 1. The van der Waals surface area contributed by atoms with Gasteiger partial charge in [-0.1, -0.05) is 0 Å². The van der Waals surface area contributed by atoms with Gasteiger partial charge in [-0.25, -0.2) is 4.39 Å². The lowest BCUT2D eigenvalue weighted by atomic mass is 9.95. The fourth-order valence-electron chi connectivity index (χ4n) is 2.80. The van der Waals surface area contributed by atoms with Crippen molar-refractivity contribution in [2.24, 2.45) is 5.92 Å². The van der Waals surface area contributed by atoms with Gasteiger partial charge >= 0.3 is 6.18 Å². The molecule has 2 amide bonds. The van der Waals surface area contributed by atoms with Crippen molar-refractivity contribution in [3.05, 3.63) is 35.1 Å². The van der Waals surface area contributed by atoms with Crippen LogP contribution in [0.15, 0.2) is 18.2 Å². The van der Waals surface area contributed by atoms with E-state index in [0.29, 0.717) is 25.5 Å². The van der Waals surface area contributed by atoms with E-state index in [9.17, 15) is 27.2 Å². The Morgan fingerprint density at radius 1 is 1.33 bits per heavy atom. The van der Waals surface area contributed by atoms with Crippen LogP contribution in [0.4, 0.5) is 17.6 Å². The van der Waals surface area contributed by atoms with Gasteiger partial charge in [-0.15, -0.1) is 0 Å². The van der Waals surface area contributed by atoms with Crippen molar-refractivity contribution in [1.29, 1.82) is 0 Å². The third-order valence-corrected chi connectivity index (χ3v) is 3.95. The topological polar surface area (TPSA) is 49.4 Å². The zero-order valence-corrected chi connectivity index (χ0v) is 13.1. The maximum atomic E-state index is 13.2. The van der Waals surface area contributed by atoms with Crippen molar-refractivity contribution in [1.82, 2.24) is 10.2 Å². The first-order chi connectivity index (χ1) is 11.2. The van der Waals surface area contributed by atoms with Gasteiger partial charge in [-0.2, -0.15) is 13.2 Å². The van der Waals surface area contributed by atoms with E-state index < -0.39 is 34.9 Å². The van der Waals surface area contributed by atoms with Crippen LogP contribution in [0.3, 0.4) is 0 Å². The van der Waals surface area contributed by atoms with Crippen LogP contribution in [-0.4, -0.2) is 36.3 Å². The van der Waals surface area contributed by atoms with Crippen LogP contribution in [0.2, 0.25) is 0 Å². The SMILES string of the molecule is CCNC(=O)C1CCCN(C(=O)c2ccc(F)cc2C(F)(F)F)C1. The average molecular weight is 346 g/mol. The number of hydrogen-bond acceptors (Lipinski definition) is 2. The number of piperidine rings is 1. The van der Waals surface area contributed by atoms with E-state index in [1.807, 2.05) is 0 Å². The first-order valence-electron chi connectivity index (χ1n) is 7.67. The number of carbonyl (C=O) groups excluding carboxylic acids is 2. The second kappa shape index (κ2) is 7.19. The molecule has 1 aliphatic rings. The molecule has 1 N–H and O–H groups in total. The molecule has 8 heteroatoms. The lowest BCUT2D eigenvalue weighted by Crippen LogP contribution is -2.45. The smallest absolute Gasteiger partial charge is 0.356 e. The van der Waals surface area contributed by atoms with Gasteiger partial charge in [0, 0.05) is 19.6 Å². The summed E-state index contributed by atoms with van der Waals surface area (Å²) < 4.78 is 52.3. The highest BCUT2D eigenvalue weighted by Crippen LogP contribution is 2.33. The van der Waals surface area contributed by atoms with Crippen LogP contribution in [-0.2, 0) is 11.0 Å². The summed E-state index contributed by atoms with van der Waals surface area (Å²) in [5.41, 5.74) is -1.90. The molecule has 0 bridgehead atoms. The van der Waals surface area contributed by atoms with Crippen LogP contribution >= 0.6 is 0 Å². The highest BCUT2D eigenvalue weighted by molar-refractivity contribution is 5.96. The van der Waals surface area contributed by atoms with Crippen molar-refractivity contribution >= 4 is 11.8 Å². The van der Waals surface area contributed by atoms with Crippen LogP contribution < -0.4 is 5.32 Å². The molecule has 1 aliphatic heterocycles. The molecule has 0 aromatic heterocycles. The second-order valence-electron chi connectivity index (χ2n) is 5.67. The molecule has 0 radical (unpaired) electrons. The highest BCUT2D eigenvalue weighted by Gasteiger charge is 2.38. The molecule has 1 unspecified atom stereocenters. The molecule has 1 fully saturated rings. The Hall–Kier alpha value is -2.12. The third-order valence-electron chi connectivity index (χ3n) is 3.95. The molecule has 2 rings (SSSR count). The molecular formula is C16H18F4N2O2. The summed E-state index contributed by atoms with van der Waals surface area (Å²) >= 11 is 0. The molecule has 0 spiro atoms. The fourth-order valence-corrected chi connectivity index (χ4v) is 2.80. The maximum absolute atomic E-state index is 13.2. The molecule has 1 saturated heterocycles. The van der Waals surface area contributed by atoms with E-state index in [2.05, 4.69) is 5.32 Å². The maximum Gasteiger partial charge on any atom is 0.417 e. The molecule has 24 heavy (non-hydrogen) atoms. The predicted molar refractivity (Wildman–Crippen MR) is 78.7 cm³/mol. The Morgan fingerprint density at radius 2 is 2.04 bits per heavy atom. The molecule has 1 heterocycles. The standard InChI is InChI=1S/C16H18F4N2O2/c1-2-21-14(23)10-4-3-7-22(9-10)15(24)12-6-5-11(17)8-13(12)16(18,19)20/h5-6,8,10H,2-4,7,9H2,1H3,(H,21,23). The monoisotopic (exact) mass is 346 g/mol. The molecule has 1 atom stereocenters. The van der Waals surface area contributed by atoms with Gasteiger partial charge in [0.1, 0.15) is 5.82 Å². The van der Waals surface area contributed by atoms with Crippen molar-refractivity contribution in [3.63, 3.8) is 0 Å². The number of amides is 2. The Morgan fingerprint density at radius 3 is 2.67 bits per heavy atom. The number of rotatable bonds is 3. The summed E-state index contributed by atoms with van der Waals surface area (Å²) in [6.07, 6.45) is -3.73. The van der Waals surface area contributed by atoms with Gasteiger partial charge in [0.2, 0.25) is 5.91 Å². The Balaban J connectivity index is 2.24. The van der Waals surface area contributed by atoms with E-state index in [1.54, 1.807) is 6.92 Å². The zero-order valence-electron chi connectivity index (χ0n) is 13.1. The average Bonchev–Trinajstić information content (AvgIpc) is 2.53. The van der Waals surface area contributed by atoms with Crippen molar-refractivity contribution in [3.8, 4) is 0 Å². The Kier molecular flexibility index (Phi) is 5.46. The van der Waals surface area contributed by atoms with E-state index in [0.717, 1.165) is 12.1 Å². The van der Waals surface area contributed by atoms with Crippen LogP contribution in [0.5, 0.6) is 0 Å². The van der Waals surface area contributed by atoms with E-state index >= 15 is 0 Å². The molecule has 1 aromatic carbocycles. The lowest BCUT2D eigenvalue weighted by molar-refractivity contribution is -0.138. The lowest BCUT2D eigenvalue weighted by Gasteiger charge is -2.32. The predicted octanol–water partition coefficient (Wildman–Crippen LogP) is 2.83. The number of nitrogens with one attached hydrogen (secondary N) is 1. The number of carbonyl (C=O) groups is 2. The molecule has 132 valence electrons. The number of halogens is 4. The first kappa shape index (κ1) is 18.2. The molecule has 0 saturated carbocycles. The van der Waals surface area contributed by atoms with Crippen LogP contribution in [0.25, 0.3) is 0 Å². The Bertz CT molecular complexity index is 631. The van der Waals surface area contributed by atoms with Gasteiger partial charge < -0.3 is 10.2 Å². The minimum Gasteiger partial charge on any atom is -0.356 e. The number of alkyl halides is 3. The van der Waals surface area contributed by atoms with Gasteiger partial charge in [-0.3, -0.25) is 9.59 Å². The quantitative estimate of drug-likeness (QED) is 0.856. The Labute approximate surface area is 136 Å². The summed E-state index contributed by atoms with van der Waals surface area (Å²) in [6.45, 7) is 2.53. The molecule has 4 nitrogen and oxygen atoms in total. The van der Waals surface area contributed by atoms with Crippen molar-refractivity contribution in [2.45, 2.75) is 25.9 Å². The fraction of sp³-hybridized carbons (Fsp3) is 0.500. The summed E-state index contributed by atoms with van der Waals surface area (Å²) in [4.78, 5) is 25.6. The highest BCUT2D eigenvalue weighted by atomic mass is 19.4. The van der Waals surface area contributed by atoms with Crippen molar-refractivity contribution < 1.29 is 27.2 Å². The molecule has 1 aromatic rings. The summed E-state index contributed by atoms with van der Waals surface area (Å²) in [6, 6.07) is 1.99. The van der Waals surface area contributed by atoms with Crippen molar-refractivity contribution in [2.75, 3.05) is 19.6 Å². The number of benzene rings is 1. The van der Waals surface area contributed by atoms with Crippen LogP contribution in [0, 0.1) is 11.7 Å². The van der Waals surface area contributed by atoms with E-state index in [-0.39, 0.29) is 19.0 Å². The number of hydrogen-bond donors (Lipinski definition) is 1. The summed E-state index contributed by atoms with van der Waals surface area (Å²) in [5.74, 6) is -2.56. The first-order valence-corrected chi connectivity index (χ1v) is 7.67. The van der Waals surface area contributed by atoms with Gasteiger partial charge in [0.05, 0.1) is 17.0 Å². The van der Waals surface area contributed by atoms with Crippen LogP contribution in [0.1, 0.15) is 35.7 Å². The summed E-state index contributed by atoms with van der Waals surface area (Å²) in [5, 5.41) is 2.65. The summed E-state index contributed by atoms with van der Waals surface area (Å²) in [7, 11) is 0. The second-order valence-corrected chi connectivity index (χ2v) is 5.67. The zero-order chi connectivity index (χ0) is 17.9. The largest absolute Gasteiger partial charge is 0.417 e. The number of likely N-dealkylation sites (tertiary alicyclic amines) is 1. The van der Waals surface area contributed by atoms with E-state index in [4.69, 9.17) is 0 Å². The van der Waals surface area contributed by atoms with Gasteiger partial charge in [-0.05, 0) is 38.0 Å². The third kappa shape index (κ3) is 4.04. The molecule has 0 aliphatic carbocycles. The minimum atomic E-state index is -4.83. The van der Waals surface area contributed by atoms with Gasteiger partial charge in [0.25, 0.3) is 5.91 Å². The van der Waals surface area contributed by atoms with Gasteiger partial charge in [0.15, 0.2) is 0 Å². The normalized spacial score (nSPS) is 18.4. The van der Waals surface area contributed by atoms with E-state index in [1.165, 1.54) is 4.90 Å². The minimum absolute atomic E-state index is 0.0549.